The van der Waals surface area contributed by atoms with Gasteiger partial charge in [0.2, 0.25) is 11.8 Å². The van der Waals surface area contributed by atoms with Gasteiger partial charge in [0.25, 0.3) is 0 Å². The minimum Gasteiger partial charge on any atom is -0.444 e. The molecule has 2 aliphatic rings. The Hall–Kier alpha value is -2.57. The highest BCUT2D eigenvalue weighted by Crippen LogP contribution is 2.37. The maximum atomic E-state index is 14.2. The highest BCUT2D eigenvalue weighted by molar-refractivity contribution is 5.92. The summed E-state index contributed by atoms with van der Waals surface area (Å²) in [4.78, 5) is 42.6. The van der Waals surface area contributed by atoms with Crippen molar-refractivity contribution in [1.82, 2.24) is 15.5 Å². The van der Waals surface area contributed by atoms with Gasteiger partial charge in [0.05, 0.1) is 0 Å². The molecule has 2 saturated carbocycles. The minimum atomic E-state index is -0.771. The lowest BCUT2D eigenvalue weighted by atomic mass is 9.93. The fourth-order valence-corrected chi connectivity index (χ4v) is 5.09. The van der Waals surface area contributed by atoms with Crippen molar-refractivity contribution in [2.24, 2.45) is 5.92 Å². The number of rotatable bonds is 9. The summed E-state index contributed by atoms with van der Waals surface area (Å²) in [6.45, 7) is 13.5. The number of ether oxygens (including phenoxy) is 1. The summed E-state index contributed by atoms with van der Waals surface area (Å²) in [6, 6.07) is 4.62. The monoisotopic (exact) mass is 513 g/mol. The van der Waals surface area contributed by atoms with Crippen LogP contribution in [0.25, 0.3) is 0 Å². The second kappa shape index (κ2) is 12.3. The first kappa shape index (κ1) is 29.0. The fourth-order valence-electron chi connectivity index (χ4n) is 5.09. The summed E-state index contributed by atoms with van der Waals surface area (Å²) in [5.74, 6) is -0.180. The van der Waals surface area contributed by atoms with Crippen LogP contribution in [0.4, 0.5) is 4.79 Å². The molecule has 0 spiro atoms. The molecule has 7 nitrogen and oxygen atoms in total. The van der Waals surface area contributed by atoms with Crippen LogP contribution in [0.1, 0.15) is 109 Å². The second-order valence-electron chi connectivity index (χ2n) is 12.4. The van der Waals surface area contributed by atoms with E-state index >= 15 is 0 Å². The summed E-state index contributed by atoms with van der Waals surface area (Å²) in [7, 11) is 0. The van der Waals surface area contributed by atoms with Crippen molar-refractivity contribution in [2.45, 2.75) is 130 Å². The van der Waals surface area contributed by atoms with E-state index in [1.807, 2.05) is 45.9 Å². The van der Waals surface area contributed by atoms with Gasteiger partial charge in [0.1, 0.15) is 17.7 Å². The first-order valence-electron chi connectivity index (χ1n) is 14.0. The van der Waals surface area contributed by atoms with E-state index in [1.54, 1.807) is 25.7 Å². The van der Waals surface area contributed by atoms with Gasteiger partial charge in [-0.25, -0.2) is 4.79 Å². The van der Waals surface area contributed by atoms with Crippen molar-refractivity contribution >= 4 is 17.9 Å². The molecule has 1 aromatic rings. The third-order valence-electron chi connectivity index (χ3n) is 7.22. The topological polar surface area (TPSA) is 87.7 Å². The minimum absolute atomic E-state index is 0.0219. The van der Waals surface area contributed by atoms with Crippen LogP contribution in [0.2, 0.25) is 0 Å². The van der Waals surface area contributed by atoms with Crippen molar-refractivity contribution in [2.75, 3.05) is 0 Å². The number of carbonyl (C=O) groups is 3. The van der Waals surface area contributed by atoms with Crippen LogP contribution in [0, 0.1) is 19.8 Å². The van der Waals surface area contributed by atoms with Gasteiger partial charge in [0.15, 0.2) is 0 Å². The summed E-state index contributed by atoms with van der Waals surface area (Å²) in [6.07, 6.45) is 6.92. The molecule has 37 heavy (non-hydrogen) atoms. The van der Waals surface area contributed by atoms with E-state index in [2.05, 4.69) is 10.6 Å². The Labute approximate surface area is 223 Å². The fraction of sp³-hybridized carbons (Fsp3) is 0.700. The predicted molar refractivity (Wildman–Crippen MR) is 146 cm³/mol. The SMILES string of the molecule is Cc1ccc(C(C(=O)NC2CCCCC2)N(C(=O)C(CC(C)C)NC(=O)OC(C)(C)C)C2CC2)cc1C. The van der Waals surface area contributed by atoms with Crippen molar-refractivity contribution in [1.29, 1.82) is 0 Å². The normalized spacial score (nSPS) is 18.2. The van der Waals surface area contributed by atoms with Gasteiger partial charge in [-0.1, -0.05) is 51.3 Å². The Balaban J connectivity index is 1.95. The smallest absolute Gasteiger partial charge is 0.408 e. The van der Waals surface area contributed by atoms with E-state index in [1.165, 1.54) is 6.42 Å². The number of amides is 3. The van der Waals surface area contributed by atoms with Gasteiger partial charge in [-0.3, -0.25) is 9.59 Å². The Morgan fingerprint density at radius 3 is 2.19 bits per heavy atom. The maximum absolute atomic E-state index is 14.2. The van der Waals surface area contributed by atoms with E-state index in [-0.39, 0.29) is 29.8 Å². The third kappa shape index (κ3) is 8.47. The van der Waals surface area contributed by atoms with E-state index < -0.39 is 23.8 Å². The average molecular weight is 514 g/mol. The molecule has 1 aromatic carbocycles. The standard InChI is InChI=1S/C30H47N3O4/c1-19(2)17-25(32-29(36)37-30(5,6)7)28(35)33(24-15-16-24)26(22-14-13-20(3)21(4)18-22)27(34)31-23-11-9-8-10-12-23/h13-14,18-19,23-26H,8-12,15-17H2,1-7H3,(H,31,34)(H,32,36). The first-order chi connectivity index (χ1) is 17.4. The number of nitrogens with one attached hydrogen (secondary N) is 2. The lowest BCUT2D eigenvalue weighted by molar-refractivity contribution is -0.143. The van der Waals surface area contributed by atoms with Crippen LogP contribution < -0.4 is 10.6 Å². The third-order valence-corrected chi connectivity index (χ3v) is 7.22. The highest BCUT2D eigenvalue weighted by atomic mass is 16.6. The van der Waals surface area contributed by atoms with E-state index in [4.69, 9.17) is 4.74 Å². The lowest BCUT2D eigenvalue weighted by Crippen LogP contribution is -2.54. The molecular formula is C30H47N3O4. The first-order valence-corrected chi connectivity index (χ1v) is 14.0. The van der Waals surface area contributed by atoms with E-state index in [0.29, 0.717) is 6.42 Å². The molecule has 206 valence electrons. The molecule has 3 amide bonds. The molecule has 0 heterocycles. The van der Waals surface area contributed by atoms with Crippen molar-refractivity contribution in [3.05, 3.63) is 34.9 Å². The number of carbonyl (C=O) groups excluding carboxylic acids is 3. The molecule has 7 heteroatoms. The Kier molecular flexibility index (Phi) is 9.65. The van der Waals surface area contributed by atoms with Crippen LogP contribution in [-0.2, 0) is 14.3 Å². The zero-order valence-electron chi connectivity index (χ0n) is 23.9. The molecule has 0 bridgehead atoms. The summed E-state index contributed by atoms with van der Waals surface area (Å²) in [5.41, 5.74) is 2.37. The summed E-state index contributed by atoms with van der Waals surface area (Å²) >= 11 is 0. The van der Waals surface area contributed by atoms with Crippen LogP contribution in [0.5, 0.6) is 0 Å². The average Bonchev–Trinajstić information content (AvgIpc) is 3.62. The van der Waals surface area contributed by atoms with Crippen molar-refractivity contribution in [3.63, 3.8) is 0 Å². The number of hydrogen-bond donors (Lipinski definition) is 2. The molecule has 3 rings (SSSR count). The highest BCUT2D eigenvalue weighted by Gasteiger charge is 2.44. The second-order valence-corrected chi connectivity index (χ2v) is 12.4. The van der Waals surface area contributed by atoms with E-state index in [9.17, 15) is 14.4 Å². The van der Waals surface area contributed by atoms with Crippen molar-refractivity contribution in [3.8, 4) is 0 Å². The zero-order chi connectivity index (χ0) is 27.3. The largest absolute Gasteiger partial charge is 0.444 e. The molecule has 2 atom stereocenters. The molecule has 0 saturated heterocycles. The Bertz CT molecular complexity index is 958. The maximum Gasteiger partial charge on any atom is 0.408 e. The Morgan fingerprint density at radius 2 is 1.65 bits per heavy atom. The molecule has 2 unspecified atom stereocenters. The van der Waals surface area contributed by atoms with Crippen molar-refractivity contribution < 1.29 is 19.1 Å². The molecule has 2 aliphatic carbocycles. The number of nitrogens with zero attached hydrogens (tertiary/aromatic N) is 1. The Morgan fingerprint density at radius 1 is 1.00 bits per heavy atom. The van der Waals surface area contributed by atoms with Crippen LogP contribution in [0.15, 0.2) is 18.2 Å². The molecular weight excluding hydrogens is 466 g/mol. The van der Waals surface area contributed by atoms with Gasteiger partial charge < -0.3 is 20.3 Å². The predicted octanol–water partition coefficient (Wildman–Crippen LogP) is 5.72. The number of hydrogen-bond acceptors (Lipinski definition) is 4. The molecule has 0 aliphatic heterocycles. The molecule has 2 N–H and O–H groups in total. The van der Waals surface area contributed by atoms with Crippen LogP contribution >= 0.6 is 0 Å². The quantitative estimate of drug-likeness (QED) is 0.442. The van der Waals surface area contributed by atoms with Gasteiger partial charge in [-0.2, -0.15) is 0 Å². The van der Waals surface area contributed by atoms with E-state index in [0.717, 1.165) is 55.2 Å². The van der Waals surface area contributed by atoms with Gasteiger partial charge >= 0.3 is 6.09 Å². The lowest BCUT2D eigenvalue weighted by Gasteiger charge is -2.36. The van der Waals surface area contributed by atoms with Crippen LogP contribution in [-0.4, -0.2) is 46.5 Å². The zero-order valence-corrected chi connectivity index (χ0v) is 23.9. The molecule has 0 radical (unpaired) electrons. The van der Waals surface area contributed by atoms with Gasteiger partial charge in [0, 0.05) is 12.1 Å². The number of alkyl carbamates (subject to hydrolysis) is 1. The number of aryl methyl sites for hydroxylation is 2. The molecule has 0 aromatic heterocycles. The van der Waals surface area contributed by atoms with Gasteiger partial charge in [-0.05, 0) is 89.3 Å². The number of benzene rings is 1. The summed E-state index contributed by atoms with van der Waals surface area (Å²) < 4.78 is 5.48. The van der Waals surface area contributed by atoms with Crippen LogP contribution in [0.3, 0.4) is 0 Å². The molecule has 2 fully saturated rings. The summed E-state index contributed by atoms with van der Waals surface area (Å²) in [5, 5.41) is 6.11. The van der Waals surface area contributed by atoms with Gasteiger partial charge in [-0.15, -0.1) is 0 Å².